The molecule has 0 bridgehead atoms. The number of amides is 2. The van der Waals surface area contributed by atoms with Gasteiger partial charge in [-0.05, 0) is 30.0 Å². The average molecular weight is 337 g/mol. The standard InChI is InChI=1S/C17H27N3O4/c1-11(2)16(18)17(22)20-10-15(21)19-8-7-12-5-6-13(23-3)14(9-12)24-4/h5-6,9,11,16H,7-8,10,18H2,1-4H3,(H,19,21)(H,20,22)/t16-/m0/s1. The smallest absolute Gasteiger partial charge is 0.239 e. The Morgan fingerprint density at radius 3 is 2.38 bits per heavy atom. The van der Waals surface area contributed by atoms with E-state index in [1.165, 1.54) is 0 Å². The van der Waals surface area contributed by atoms with Crippen LogP contribution in [0.3, 0.4) is 0 Å². The lowest BCUT2D eigenvalue weighted by Crippen LogP contribution is -2.47. The number of benzene rings is 1. The van der Waals surface area contributed by atoms with Crippen molar-refractivity contribution in [1.29, 1.82) is 0 Å². The van der Waals surface area contributed by atoms with Crippen molar-refractivity contribution in [1.82, 2.24) is 10.6 Å². The number of hydrogen-bond donors (Lipinski definition) is 3. The monoisotopic (exact) mass is 337 g/mol. The van der Waals surface area contributed by atoms with Gasteiger partial charge in [-0.15, -0.1) is 0 Å². The second-order valence-corrected chi connectivity index (χ2v) is 5.78. The van der Waals surface area contributed by atoms with Gasteiger partial charge >= 0.3 is 0 Å². The van der Waals surface area contributed by atoms with Crippen LogP contribution in [0.5, 0.6) is 11.5 Å². The second-order valence-electron chi connectivity index (χ2n) is 5.78. The van der Waals surface area contributed by atoms with Gasteiger partial charge in [-0.3, -0.25) is 9.59 Å². The first-order valence-corrected chi connectivity index (χ1v) is 7.90. The van der Waals surface area contributed by atoms with Crippen LogP contribution < -0.4 is 25.8 Å². The molecule has 0 spiro atoms. The maximum absolute atomic E-state index is 11.7. The van der Waals surface area contributed by atoms with Gasteiger partial charge in [0.25, 0.3) is 0 Å². The summed E-state index contributed by atoms with van der Waals surface area (Å²) in [5.41, 5.74) is 6.72. The summed E-state index contributed by atoms with van der Waals surface area (Å²) in [6, 6.07) is 5.00. The molecule has 0 aliphatic rings. The number of nitrogens with two attached hydrogens (primary N) is 1. The SMILES string of the molecule is COc1ccc(CCNC(=O)CNC(=O)[C@@H](N)C(C)C)cc1OC. The van der Waals surface area contributed by atoms with Crippen LogP contribution in [0, 0.1) is 5.92 Å². The highest BCUT2D eigenvalue weighted by Gasteiger charge is 2.17. The Morgan fingerprint density at radius 2 is 1.79 bits per heavy atom. The summed E-state index contributed by atoms with van der Waals surface area (Å²) in [5.74, 6) is 0.767. The molecular formula is C17H27N3O4. The van der Waals surface area contributed by atoms with E-state index in [2.05, 4.69) is 10.6 Å². The number of carbonyl (C=O) groups excluding carboxylic acids is 2. The summed E-state index contributed by atoms with van der Waals surface area (Å²) in [6.07, 6.45) is 0.644. The van der Waals surface area contributed by atoms with Crippen LogP contribution in [-0.2, 0) is 16.0 Å². The first kappa shape index (κ1) is 19.8. The Morgan fingerprint density at radius 1 is 1.12 bits per heavy atom. The van der Waals surface area contributed by atoms with Gasteiger partial charge in [-0.1, -0.05) is 19.9 Å². The van der Waals surface area contributed by atoms with Gasteiger partial charge < -0.3 is 25.8 Å². The van der Waals surface area contributed by atoms with E-state index in [1.54, 1.807) is 14.2 Å². The van der Waals surface area contributed by atoms with Crippen LogP contribution in [0.2, 0.25) is 0 Å². The highest BCUT2D eigenvalue weighted by atomic mass is 16.5. The summed E-state index contributed by atoms with van der Waals surface area (Å²) in [5, 5.41) is 5.29. The van der Waals surface area contributed by atoms with E-state index >= 15 is 0 Å². The molecule has 1 aromatic rings. The third kappa shape index (κ3) is 6.08. The van der Waals surface area contributed by atoms with Crippen LogP contribution in [0.1, 0.15) is 19.4 Å². The maximum atomic E-state index is 11.7. The van der Waals surface area contributed by atoms with E-state index in [1.807, 2.05) is 32.0 Å². The van der Waals surface area contributed by atoms with E-state index in [4.69, 9.17) is 15.2 Å². The van der Waals surface area contributed by atoms with E-state index in [9.17, 15) is 9.59 Å². The molecule has 2 amide bonds. The van der Waals surface area contributed by atoms with Crippen molar-refractivity contribution in [2.24, 2.45) is 11.7 Å². The van der Waals surface area contributed by atoms with Crippen molar-refractivity contribution in [3.8, 4) is 11.5 Å². The molecule has 1 rings (SSSR count). The van der Waals surface area contributed by atoms with Gasteiger partial charge in [0.2, 0.25) is 11.8 Å². The highest BCUT2D eigenvalue weighted by Crippen LogP contribution is 2.27. The Balaban J connectivity index is 2.37. The first-order valence-electron chi connectivity index (χ1n) is 7.90. The molecule has 4 N–H and O–H groups in total. The van der Waals surface area contributed by atoms with Crippen molar-refractivity contribution in [2.45, 2.75) is 26.3 Å². The molecule has 7 heteroatoms. The lowest BCUT2D eigenvalue weighted by molar-refractivity contribution is -0.127. The third-order valence-electron chi connectivity index (χ3n) is 3.63. The van der Waals surface area contributed by atoms with E-state index in [-0.39, 0.29) is 24.3 Å². The quantitative estimate of drug-likeness (QED) is 0.607. The number of hydrogen-bond acceptors (Lipinski definition) is 5. The molecule has 0 aliphatic carbocycles. The van der Waals surface area contributed by atoms with Crippen LogP contribution >= 0.6 is 0 Å². The minimum Gasteiger partial charge on any atom is -0.493 e. The molecule has 0 saturated heterocycles. The Kier molecular flexibility index (Phi) is 8.05. The van der Waals surface area contributed by atoms with Gasteiger partial charge in [0.05, 0.1) is 26.8 Å². The third-order valence-corrected chi connectivity index (χ3v) is 3.63. The summed E-state index contributed by atoms with van der Waals surface area (Å²) in [4.78, 5) is 23.4. The molecule has 7 nitrogen and oxygen atoms in total. The molecule has 0 radical (unpaired) electrons. The molecule has 0 aromatic heterocycles. The summed E-state index contributed by atoms with van der Waals surface area (Å²) >= 11 is 0. The lowest BCUT2D eigenvalue weighted by Gasteiger charge is -2.15. The first-order chi connectivity index (χ1) is 11.4. The van der Waals surface area contributed by atoms with Crippen molar-refractivity contribution >= 4 is 11.8 Å². The molecule has 0 unspecified atom stereocenters. The number of rotatable bonds is 9. The van der Waals surface area contributed by atoms with Crippen LogP contribution in [0.4, 0.5) is 0 Å². The lowest BCUT2D eigenvalue weighted by atomic mass is 10.1. The fourth-order valence-corrected chi connectivity index (χ4v) is 2.03. The average Bonchev–Trinajstić information content (AvgIpc) is 2.58. The van der Waals surface area contributed by atoms with Crippen LogP contribution in [0.15, 0.2) is 18.2 Å². The zero-order chi connectivity index (χ0) is 18.1. The molecule has 0 saturated carbocycles. The maximum Gasteiger partial charge on any atom is 0.239 e. The summed E-state index contributed by atoms with van der Waals surface area (Å²) in [7, 11) is 3.16. The fourth-order valence-electron chi connectivity index (χ4n) is 2.03. The van der Waals surface area contributed by atoms with E-state index in [0.29, 0.717) is 24.5 Å². The van der Waals surface area contributed by atoms with Crippen LogP contribution in [0.25, 0.3) is 0 Å². The molecule has 1 aromatic carbocycles. The molecule has 0 fully saturated rings. The molecule has 0 heterocycles. The van der Waals surface area contributed by atoms with Gasteiger partial charge in [0, 0.05) is 6.54 Å². The molecular weight excluding hydrogens is 310 g/mol. The number of methoxy groups -OCH3 is 2. The highest BCUT2D eigenvalue weighted by molar-refractivity contribution is 5.87. The topological polar surface area (TPSA) is 103 Å². The fraction of sp³-hybridized carbons (Fsp3) is 0.529. The number of ether oxygens (including phenoxy) is 2. The van der Waals surface area contributed by atoms with Gasteiger partial charge in [0.15, 0.2) is 11.5 Å². The minimum absolute atomic E-state index is 0.0260. The summed E-state index contributed by atoms with van der Waals surface area (Å²) < 4.78 is 10.4. The Labute approximate surface area is 142 Å². The van der Waals surface area contributed by atoms with Gasteiger partial charge in [-0.25, -0.2) is 0 Å². The van der Waals surface area contributed by atoms with E-state index in [0.717, 1.165) is 5.56 Å². The molecule has 0 aliphatic heterocycles. The molecule has 134 valence electrons. The predicted octanol–water partition coefficient (Wildman–Crippen LogP) is 0.462. The minimum atomic E-state index is -0.607. The second kappa shape index (κ2) is 9.77. The van der Waals surface area contributed by atoms with Crippen molar-refractivity contribution in [2.75, 3.05) is 27.3 Å². The predicted molar refractivity (Wildman–Crippen MR) is 92.1 cm³/mol. The zero-order valence-corrected chi connectivity index (χ0v) is 14.7. The van der Waals surface area contributed by atoms with Crippen molar-refractivity contribution in [3.05, 3.63) is 23.8 Å². The molecule has 1 atom stereocenters. The van der Waals surface area contributed by atoms with Crippen molar-refractivity contribution in [3.63, 3.8) is 0 Å². The van der Waals surface area contributed by atoms with Gasteiger partial charge in [-0.2, -0.15) is 0 Å². The Hall–Kier alpha value is -2.28. The largest absolute Gasteiger partial charge is 0.493 e. The van der Waals surface area contributed by atoms with Crippen LogP contribution in [-0.4, -0.2) is 45.2 Å². The van der Waals surface area contributed by atoms with E-state index < -0.39 is 6.04 Å². The Bertz CT molecular complexity index is 561. The van der Waals surface area contributed by atoms with Crippen molar-refractivity contribution < 1.29 is 19.1 Å². The zero-order valence-electron chi connectivity index (χ0n) is 14.7. The normalized spacial score (nSPS) is 11.8. The van der Waals surface area contributed by atoms with Gasteiger partial charge in [0.1, 0.15) is 0 Å². The summed E-state index contributed by atoms with van der Waals surface area (Å²) in [6.45, 7) is 4.09. The number of carbonyl (C=O) groups is 2. The molecule has 24 heavy (non-hydrogen) atoms. The number of nitrogens with one attached hydrogen (secondary N) is 2.